The number of nitrogens with zero attached hydrogens (tertiary/aromatic N) is 1. The highest BCUT2D eigenvalue weighted by molar-refractivity contribution is 9.10. The van der Waals surface area contributed by atoms with E-state index in [1.807, 2.05) is 42.5 Å². The van der Waals surface area contributed by atoms with Crippen molar-refractivity contribution in [1.29, 1.82) is 0 Å². The van der Waals surface area contributed by atoms with Crippen LogP contribution in [0.5, 0.6) is 5.75 Å². The largest absolute Gasteiger partial charge is 0.497 e. The molecule has 0 saturated carbocycles. The number of carbonyl (C=O) groups excluding carboxylic acids is 1. The third kappa shape index (κ3) is 3.98. The Morgan fingerprint density at radius 2 is 2.00 bits per heavy atom. The Labute approximate surface area is 139 Å². The molecule has 0 atom stereocenters. The summed E-state index contributed by atoms with van der Waals surface area (Å²) in [6.45, 7) is 4.76. The topological polar surface area (TPSA) is 29.5 Å². The molecule has 0 bridgehead atoms. The molecule has 4 heteroatoms. The molecular formula is C18H18BrNO2. The maximum atomic E-state index is 12.8. The molecule has 2 aromatic rings. The second-order valence-corrected chi connectivity index (χ2v) is 5.66. The molecule has 0 N–H and O–H groups in total. The predicted molar refractivity (Wildman–Crippen MR) is 92.1 cm³/mol. The molecule has 2 rings (SSSR count). The van der Waals surface area contributed by atoms with E-state index >= 15 is 0 Å². The van der Waals surface area contributed by atoms with Gasteiger partial charge in [0.2, 0.25) is 0 Å². The first kappa shape index (κ1) is 16.3. The average molecular weight is 360 g/mol. The lowest BCUT2D eigenvalue weighted by molar-refractivity contribution is 0.0761. The van der Waals surface area contributed by atoms with Gasteiger partial charge in [-0.3, -0.25) is 4.79 Å². The van der Waals surface area contributed by atoms with Gasteiger partial charge in [-0.2, -0.15) is 0 Å². The first-order valence-electron chi connectivity index (χ1n) is 6.93. The fourth-order valence-corrected chi connectivity index (χ4v) is 2.56. The van der Waals surface area contributed by atoms with E-state index < -0.39 is 0 Å². The minimum atomic E-state index is -0.0606. The molecule has 0 aliphatic rings. The van der Waals surface area contributed by atoms with Crippen LogP contribution < -0.4 is 4.74 Å². The molecule has 0 radical (unpaired) electrons. The third-order valence-corrected chi connectivity index (χ3v) is 3.95. The maximum Gasteiger partial charge on any atom is 0.255 e. The van der Waals surface area contributed by atoms with Gasteiger partial charge < -0.3 is 9.64 Å². The minimum Gasteiger partial charge on any atom is -0.497 e. The van der Waals surface area contributed by atoms with Crippen LogP contribution >= 0.6 is 15.9 Å². The van der Waals surface area contributed by atoms with Gasteiger partial charge in [0, 0.05) is 17.6 Å². The molecule has 0 saturated heterocycles. The molecule has 0 heterocycles. The van der Waals surface area contributed by atoms with Crippen LogP contribution in [0.1, 0.15) is 15.9 Å². The van der Waals surface area contributed by atoms with Crippen LogP contribution in [0, 0.1) is 0 Å². The maximum absolute atomic E-state index is 12.8. The Kier molecular flexibility index (Phi) is 5.78. The van der Waals surface area contributed by atoms with Crippen molar-refractivity contribution in [3.05, 3.63) is 76.8 Å². The summed E-state index contributed by atoms with van der Waals surface area (Å²) in [5.74, 6) is 0.597. The van der Waals surface area contributed by atoms with Gasteiger partial charge in [0.05, 0.1) is 12.7 Å². The van der Waals surface area contributed by atoms with Crippen molar-refractivity contribution in [2.75, 3.05) is 13.7 Å². The minimum absolute atomic E-state index is 0.0606. The van der Waals surface area contributed by atoms with Crippen LogP contribution in [0.2, 0.25) is 0 Å². The van der Waals surface area contributed by atoms with Gasteiger partial charge in [-0.15, -0.1) is 6.58 Å². The fraction of sp³-hybridized carbons (Fsp3) is 0.167. The molecule has 0 aromatic heterocycles. The monoisotopic (exact) mass is 359 g/mol. The highest BCUT2D eigenvalue weighted by Gasteiger charge is 2.18. The van der Waals surface area contributed by atoms with Crippen LogP contribution in [0.3, 0.4) is 0 Å². The van der Waals surface area contributed by atoms with Crippen molar-refractivity contribution < 1.29 is 9.53 Å². The number of rotatable bonds is 6. The van der Waals surface area contributed by atoms with Crippen molar-refractivity contribution in [2.45, 2.75) is 6.54 Å². The number of carbonyl (C=O) groups is 1. The van der Waals surface area contributed by atoms with Crippen LogP contribution in [0.4, 0.5) is 0 Å². The second-order valence-electron chi connectivity index (χ2n) is 4.81. The Morgan fingerprint density at radius 3 is 2.64 bits per heavy atom. The highest BCUT2D eigenvalue weighted by atomic mass is 79.9. The predicted octanol–water partition coefficient (Wildman–Crippen LogP) is 4.29. The van der Waals surface area contributed by atoms with Gasteiger partial charge in [0.15, 0.2) is 0 Å². The SMILES string of the molecule is C=CCN(Cc1ccccc1)C(=O)c1cc(OC)ccc1Br. The summed E-state index contributed by atoms with van der Waals surface area (Å²) in [5, 5.41) is 0. The lowest BCUT2D eigenvalue weighted by Crippen LogP contribution is -2.31. The van der Waals surface area contributed by atoms with E-state index in [4.69, 9.17) is 4.74 Å². The average Bonchev–Trinajstić information content (AvgIpc) is 2.55. The Bertz CT molecular complexity index is 655. The summed E-state index contributed by atoms with van der Waals surface area (Å²) in [7, 11) is 1.59. The van der Waals surface area contributed by atoms with E-state index in [1.54, 1.807) is 24.2 Å². The smallest absolute Gasteiger partial charge is 0.255 e. The third-order valence-electron chi connectivity index (χ3n) is 3.26. The summed E-state index contributed by atoms with van der Waals surface area (Å²) in [6.07, 6.45) is 1.73. The van der Waals surface area contributed by atoms with Crippen LogP contribution in [-0.2, 0) is 6.54 Å². The summed E-state index contributed by atoms with van der Waals surface area (Å²) in [6, 6.07) is 15.3. The molecule has 2 aromatic carbocycles. The molecular weight excluding hydrogens is 342 g/mol. The van der Waals surface area contributed by atoms with Gasteiger partial charge in [0.1, 0.15) is 5.75 Å². The zero-order valence-corrected chi connectivity index (χ0v) is 14.0. The molecule has 22 heavy (non-hydrogen) atoms. The summed E-state index contributed by atoms with van der Waals surface area (Å²) < 4.78 is 5.96. The van der Waals surface area contributed by atoms with Gasteiger partial charge in [0.25, 0.3) is 5.91 Å². The fourth-order valence-electron chi connectivity index (χ4n) is 2.14. The Hall–Kier alpha value is -2.07. The molecule has 0 spiro atoms. The van der Waals surface area contributed by atoms with E-state index in [2.05, 4.69) is 22.5 Å². The van der Waals surface area contributed by atoms with Crippen LogP contribution in [-0.4, -0.2) is 24.5 Å². The lowest BCUT2D eigenvalue weighted by atomic mass is 10.1. The van der Waals surface area contributed by atoms with E-state index in [0.717, 1.165) is 10.0 Å². The van der Waals surface area contributed by atoms with Gasteiger partial charge in [-0.25, -0.2) is 0 Å². The van der Waals surface area contributed by atoms with Crippen molar-refractivity contribution in [1.82, 2.24) is 4.90 Å². The van der Waals surface area contributed by atoms with E-state index in [0.29, 0.717) is 24.4 Å². The second kappa shape index (κ2) is 7.80. The molecule has 0 aliphatic heterocycles. The van der Waals surface area contributed by atoms with Gasteiger partial charge in [-0.05, 0) is 39.7 Å². The Morgan fingerprint density at radius 1 is 1.27 bits per heavy atom. The lowest BCUT2D eigenvalue weighted by Gasteiger charge is -2.22. The van der Waals surface area contributed by atoms with Crippen LogP contribution in [0.25, 0.3) is 0 Å². The van der Waals surface area contributed by atoms with Crippen molar-refractivity contribution in [3.8, 4) is 5.75 Å². The van der Waals surface area contributed by atoms with E-state index in [-0.39, 0.29) is 5.91 Å². The standard InChI is InChI=1S/C18H18BrNO2/c1-3-11-20(13-14-7-5-4-6-8-14)18(21)16-12-15(22-2)9-10-17(16)19/h3-10,12H,1,11,13H2,2H3. The van der Waals surface area contributed by atoms with Crippen molar-refractivity contribution >= 4 is 21.8 Å². The number of ether oxygens (including phenoxy) is 1. The number of amides is 1. The number of halogens is 1. The Balaban J connectivity index is 2.28. The zero-order chi connectivity index (χ0) is 15.9. The normalized spacial score (nSPS) is 10.1. The number of hydrogen-bond acceptors (Lipinski definition) is 2. The molecule has 0 aliphatic carbocycles. The van der Waals surface area contributed by atoms with Crippen molar-refractivity contribution in [3.63, 3.8) is 0 Å². The quantitative estimate of drug-likeness (QED) is 0.720. The summed E-state index contributed by atoms with van der Waals surface area (Å²) >= 11 is 3.44. The first-order valence-corrected chi connectivity index (χ1v) is 7.72. The first-order chi connectivity index (χ1) is 10.7. The number of hydrogen-bond donors (Lipinski definition) is 0. The molecule has 1 amide bonds. The molecule has 3 nitrogen and oxygen atoms in total. The highest BCUT2D eigenvalue weighted by Crippen LogP contribution is 2.24. The van der Waals surface area contributed by atoms with E-state index in [1.165, 1.54) is 0 Å². The molecule has 0 unspecified atom stereocenters. The van der Waals surface area contributed by atoms with Crippen LogP contribution in [0.15, 0.2) is 65.7 Å². The number of methoxy groups -OCH3 is 1. The molecule has 114 valence electrons. The zero-order valence-electron chi connectivity index (χ0n) is 12.5. The van der Waals surface area contributed by atoms with Crippen molar-refractivity contribution in [2.24, 2.45) is 0 Å². The summed E-state index contributed by atoms with van der Waals surface area (Å²) in [4.78, 5) is 14.6. The van der Waals surface area contributed by atoms with Gasteiger partial charge in [-0.1, -0.05) is 36.4 Å². The summed E-state index contributed by atoms with van der Waals surface area (Å²) in [5.41, 5.74) is 1.66. The van der Waals surface area contributed by atoms with Gasteiger partial charge >= 0.3 is 0 Å². The van der Waals surface area contributed by atoms with E-state index in [9.17, 15) is 4.79 Å². The molecule has 0 fully saturated rings. The number of benzene rings is 2.